The van der Waals surface area contributed by atoms with Gasteiger partial charge in [-0.1, -0.05) is 0 Å². The second kappa shape index (κ2) is 7.08. The number of rotatable bonds is 4. The molecule has 2 N–H and O–H groups in total. The van der Waals surface area contributed by atoms with Crippen LogP contribution in [0.5, 0.6) is 0 Å². The maximum Gasteiger partial charge on any atom is 0.303 e. The molecule has 1 heterocycles. The molecule has 0 aliphatic carbocycles. The topological polar surface area (TPSA) is 90.0 Å². The first-order valence-corrected chi connectivity index (χ1v) is 6.33. The molecule has 1 atom stereocenters. The van der Waals surface area contributed by atoms with Gasteiger partial charge in [0.2, 0.25) is 11.8 Å². The number of carboxylic acids is 1. The number of carbonyl (C=O) groups excluding carboxylic acids is 2. The number of likely N-dealkylation sites (N-methyl/N-ethyl adjacent to an activating group) is 1. The number of nitrogens with zero attached hydrogens (tertiary/aromatic N) is 2. The van der Waals surface area contributed by atoms with E-state index in [1.54, 1.807) is 11.9 Å². The first-order chi connectivity index (χ1) is 8.93. The second-order valence-corrected chi connectivity index (χ2v) is 4.81. The summed E-state index contributed by atoms with van der Waals surface area (Å²) in [4.78, 5) is 37.7. The smallest absolute Gasteiger partial charge is 0.303 e. The molecule has 1 rings (SSSR count). The van der Waals surface area contributed by atoms with Crippen LogP contribution >= 0.6 is 0 Å². The van der Waals surface area contributed by atoms with Gasteiger partial charge in [-0.05, 0) is 7.05 Å². The Morgan fingerprint density at radius 1 is 1.21 bits per heavy atom. The van der Waals surface area contributed by atoms with Crippen molar-refractivity contribution in [1.29, 1.82) is 0 Å². The number of amides is 2. The van der Waals surface area contributed by atoms with Crippen LogP contribution in [0.3, 0.4) is 0 Å². The highest BCUT2D eigenvalue weighted by Crippen LogP contribution is 2.10. The molecule has 7 nitrogen and oxygen atoms in total. The molecule has 1 aliphatic heterocycles. The van der Waals surface area contributed by atoms with Crippen LogP contribution in [0.4, 0.5) is 0 Å². The van der Waals surface area contributed by atoms with Gasteiger partial charge in [0.15, 0.2) is 0 Å². The maximum absolute atomic E-state index is 11.9. The van der Waals surface area contributed by atoms with Gasteiger partial charge < -0.3 is 20.2 Å². The third kappa shape index (κ3) is 4.86. The third-order valence-electron chi connectivity index (χ3n) is 3.25. The van der Waals surface area contributed by atoms with Gasteiger partial charge in [0.1, 0.15) is 0 Å². The Hall–Kier alpha value is -1.63. The van der Waals surface area contributed by atoms with E-state index < -0.39 is 5.97 Å². The standard InChI is InChI=1S/C12H21N3O4/c1-13-12(19)9-7-14(2)5-6-15(8-9)10(16)3-4-11(17)18/h9H,3-8H2,1-2H3,(H,13,19)(H,17,18). The number of carboxylic acid groups (broad SMARTS) is 1. The summed E-state index contributed by atoms with van der Waals surface area (Å²) in [5.74, 6) is -1.55. The van der Waals surface area contributed by atoms with E-state index in [1.807, 2.05) is 11.9 Å². The van der Waals surface area contributed by atoms with Crippen molar-refractivity contribution in [2.24, 2.45) is 5.92 Å². The van der Waals surface area contributed by atoms with Crippen molar-refractivity contribution >= 4 is 17.8 Å². The highest BCUT2D eigenvalue weighted by molar-refractivity contribution is 5.82. The molecule has 1 saturated heterocycles. The fourth-order valence-electron chi connectivity index (χ4n) is 2.14. The molecule has 19 heavy (non-hydrogen) atoms. The van der Waals surface area contributed by atoms with Gasteiger partial charge in [-0.3, -0.25) is 14.4 Å². The monoisotopic (exact) mass is 271 g/mol. The number of nitrogens with one attached hydrogen (secondary N) is 1. The van der Waals surface area contributed by atoms with Crippen molar-refractivity contribution in [3.8, 4) is 0 Å². The van der Waals surface area contributed by atoms with Crippen LogP contribution in [0.15, 0.2) is 0 Å². The zero-order valence-electron chi connectivity index (χ0n) is 11.4. The molecule has 108 valence electrons. The van der Waals surface area contributed by atoms with Crippen LogP contribution in [0.1, 0.15) is 12.8 Å². The van der Waals surface area contributed by atoms with Gasteiger partial charge in [0, 0.05) is 39.6 Å². The molecule has 0 aromatic heterocycles. The van der Waals surface area contributed by atoms with E-state index in [0.717, 1.165) is 0 Å². The third-order valence-corrected chi connectivity index (χ3v) is 3.25. The van der Waals surface area contributed by atoms with E-state index in [0.29, 0.717) is 26.2 Å². The number of carbonyl (C=O) groups is 3. The molecule has 1 aliphatic rings. The van der Waals surface area contributed by atoms with E-state index in [9.17, 15) is 14.4 Å². The lowest BCUT2D eigenvalue weighted by atomic mass is 10.1. The van der Waals surface area contributed by atoms with Crippen LogP contribution in [-0.4, -0.2) is 73.0 Å². The predicted octanol–water partition coefficient (Wildman–Crippen LogP) is -1.01. The van der Waals surface area contributed by atoms with Crippen LogP contribution in [0, 0.1) is 5.92 Å². The molecular weight excluding hydrogens is 250 g/mol. The van der Waals surface area contributed by atoms with Gasteiger partial charge in [0.25, 0.3) is 0 Å². The predicted molar refractivity (Wildman–Crippen MR) is 68.5 cm³/mol. The van der Waals surface area contributed by atoms with Crippen LogP contribution in [0.2, 0.25) is 0 Å². The zero-order chi connectivity index (χ0) is 14.4. The first-order valence-electron chi connectivity index (χ1n) is 6.33. The summed E-state index contributed by atoms with van der Waals surface area (Å²) in [6, 6.07) is 0. The summed E-state index contributed by atoms with van der Waals surface area (Å²) in [6.45, 7) is 2.17. The fraction of sp³-hybridized carbons (Fsp3) is 0.750. The molecule has 2 amide bonds. The number of hydrogen-bond donors (Lipinski definition) is 2. The van der Waals surface area contributed by atoms with E-state index in [1.165, 1.54) is 0 Å². The highest BCUT2D eigenvalue weighted by Gasteiger charge is 2.28. The molecule has 0 aromatic carbocycles. The fourth-order valence-corrected chi connectivity index (χ4v) is 2.14. The lowest BCUT2D eigenvalue weighted by Crippen LogP contribution is -2.41. The van der Waals surface area contributed by atoms with Crippen molar-refractivity contribution < 1.29 is 19.5 Å². The maximum atomic E-state index is 11.9. The molecule has 7 heteroatoms. The normalized spacial score (nSPS) is 20.7. The number of aliphatic carboxylic acids is 1. The van der Waals surface area contributed by atoms with Gasteiger partial charge >= 0.3 is 5.97 Å². The molecular formula is C12H21N3O4. The summed E-state index contributed by atoms with van der Waals surface area (Å²) >= 11 is 0. The van der Waals surface area contributed by atoms with Crippen molar-refractivity contribution in [3.05, 3.63) is 0 Å². The molecule has 0 spiro atoms. The molecule has 0 saturated carbocycles. The molecule has 0 bridgehead atoms. The van der Waals surface area contributed by atoms with Crippen LogP contribution < -0.4 is 5.32 Å². The van der Waals surface area contributed by atoms with Gasteiger partial charge in [0.05, 0.1) is 12.3 Å². The van der Waals surface area contributed by atoms with Crippen molar-refractivity contribution in [2.45, 2.75) is 12.8 Å². The van der Waals surface area contributed by atoms with E-state index >= 15 is 0 Å². The van der Waals surface area contributed by atoms with Gasteiger partial charge in [-0.2, -0.15) is 0 Å². The average molecular weight is 271 g/mol. The number of hydrogen-bond acceptors (Lipinski definition) is 4. The van der Waals surface area contributed by atoms with Gasteiger partial charge in [-0.25, -0.2) is 0 Å². The minimum atomic E-state index is -0.983. The first kappa shape index (κ1) is 15.4. The average Bonchev–Trinajstić information content (AvgIpc) is 2.57. The summed E-state index contributed by atoms with van der Waals surface area (Å²) in [7, 11) is 3.48. The Morgan fingerprint density at radius 3 is 2.47 bits per heavy atom. The highest BCUT2D eigenvalue weighted by atomic mass is 16.4. The lowest BCUT2D eigenvalue weighted by Gasteiger charge is -2.23. The second-order valence-electron chi connectivity index (χ2n) is 4.81. The minimum absolute atomic E-state index is 0.0144. The molecule has 0 radical (unpaired) electrons. The lowest BCUT2D eigenvalue weighted by molar-refractivity contribution is -0.141. The van der Waals surface area contributed by atoms with Crippen molar-refractivity contribution in [3.63, 3.8) is 0 Å². The largest absolute Gasteiger partial charge is 0.481 e. The summed E-state index contributed by atoms with van der Waals surface area (Å²) < 4.78 is 0. The van der Waals surface area contributed by atoms with E-state index in [2.05, 4.69) is 5.32 Å². The molecule has 0 aromatic rings. The van der Waals surface area contributed by atoms with Crippen LogP contribution in [-0.2, 0) is 14.4 Å². The van der Waals surface area contributed by atoms with Crippen LogP contribution in [0.25, 0.3) is 0 Å². The summed E-state index contributed by atoms with van der Waals surface area (Å²) in [5, 5.41) is 11.2. The Kier molecular flexibility index (Phi) is 5.75. The Morgan fingerprint density at radius 2 is 1.89 bits per heavy atom. The zero-order valence-corrected chi connectivity index (χ0v) is 11.4. The Bertz CT molecular complexity index is 359. The van der Waals surface area contributed by atoms with E-state index in [-0.39, 0.29) is 30.6 Å². The minimum Gasteiger partial charge on any atom is -0.481 e. The Labute approximate surface area is 112 Å². The molecule has 1 unspecified atom stereocenters. The van der Waals surface area contributed by atoms with Crippen molar-refractivity contribution in [2.75, 3.05) is 40.3 Å². The van der Waals surface area contributed by atoms with E-state index in [4.69, 9.17) is 5.11 Å². The molecule has 1 fully saturated rings. The Balaban J connectivity index is 2.64. The quantitative estimate of drug-likeness (QED) is 0.683. The SMILES string of the molecule is CNC(=O)C1CN(C)CCN(C(=O)CCC(=O)O)C1. The van der Waals surface area contributed by atoms with Crippen molar-refractivity contribution in [1.82, 2.24) is 15.1 Å². The van der Waals surface area contributed by atoms with Gasteiger partial charge in [-0.15, -0.1) is 0 Å². The summed E-state index contributed by atoms with van der Waals surface area (Å²) in [6.07, 6.45) is -0.185. The summed E-state index contributed by atoms with van der Waals surface area (Å²) in [5.41, 5.74) is 0.